The molecule has 0 spiro atoms. The van der Waals surface area contributed by atoms with Crippen molar-refractivity contribution in [3.8, 4) is 0 Å². The van der Waals surface area contributed by atoms with Crippen molar-refractivity contribution in [3.05, 3.63) is 35.4 Å². The molecule has 1 amide bonds. The number of carbonyl (C=O) groups is 1. The molecule has 0 bridgehead atoms. The second kappa shape index (κ2) is 5.98. The molecule has 0 fully saturated rings. The first-order valence-electron chi connectivity index (χ1n) is 6.26. The Kier molecular flexibility index (Phi) is 4.33. The van der Waals surface area contributed by atoms with Gasteiger partial charge in [-0.2, -0.15) is 0 Å². The second-order valence-electron chi connectivity index (χ2n) is 4.61. The maximum absolute atomic E-state index is 11.8. The minimum Gasteiger partial charge on any atom is -0.390 e. The molecule has 2 atom stereocenters. The zero-order valence-electron chi connectivity index (χ0n) is 10.6. The van der Waals surface area contributed by atoms with Crippen LogP contribution in [-0.4, -0.2) is 30.8 Å². The van der Waals surface area contributed by atoms with E-state index in [1.807, 2.05) is 24.3 Å². The fourth-order valence-corrected chi connectivity index (χ4v) is 2.37. The largest absolute Gasteiger partial charge is 0.390 e. The topological polar surface area (TPSA) is 58.6 Å². The SMILES string of the molecule is COCCCC(=O)N[C@H]1c2ccccc2C[C@H]1O. The first-order valence-corrected chi connectivity index (χ1v) is 6.26. The van der Waals surface area contributed by atoms with Gasteiger partial charge in [0.25, 0.3) is 0 Å². The van der Waals surface area contributed by atoms with Gasteiger partial charge in [0, 0.05) is 26.6 Å². The van der Waals surface area contributed by atoms with Crippen LogP contribution in [0.4, 0.5) is 0 Å². The number of methoxy groups -OCH3 is 1. The molecule has 2 rings (SSSR count). The molecule has 0 saturated heterocycles. The van der Waals surface area contributed by atoms with E-state index in [4.69, 9.17) is 4.74 Å². The maximum Gasteiger partial charge on any atom is 0.220 e. The van der Waals surface area contributed by atoms with E-state index in [0.717, 1.165) is 11.1 Å². The van der Waals surface area contributed by atoms with Gasteiger partial charge in [0.2, 0.25) is 5.91 Å². The van der Waals surface area contributed by atoms with Gasteiger partial charge in [0.05, 0.1) is 12.1 Å². The molecule has 1 aromatic carbocycles. The van der Waals surface area contributed by atoms with E-state index in [9.17, 15) is 9.90 Å². The van der Waals surface area contributed by atoms with Crippen LogP contribution in [0, 0.1) is 0 Å². The quantitative estimate of drug-likeness (QED) is 0.771. The van der Waals surface area contributed by atoms with Crippen LogP contribution in [-0.2, 0) is 16.0 Å². The summed E-state index contributed by atoms with van der Waals surface area (Å²) in [5.74, 6) is -0.0344. The summed E-state index contributed by atoms with van der Waals surface area (Å²) in [6.07, 6.45) is 1.22. The van der Waals surface area contributed by atoms with Crippen LogP contribution in [0.5, 0.6) is 0 Å². The smallest absolute Gasteiger partial charge is 0.220 e. The van der Waals surface area contributed by atoms with Gasteiger partial charge in [-0.3, -0.25) is 4.79 Å². The Morgan fingerprint density at radius 1 is 1.50 bits per heavy atom. The first-order chi connectivity index (χ1) is 8.72. The normalized spacial score (nSPS) is 21.7. The summed E-state index contributed by atoms with van der Waals surface area (Å²) in [6, 6.07) is 7.58. The number of hydrogen-bond donors (Lipinski definition) is 2. The van der Waals surface area contributed by atoms with Crippen molar-refractivity contribution in [2.24, 2.45) is 0 Å². The zero-order valence-corrected chi connectivity index (χ0v) is 10.6. The summed E-state index contributed by atoms with van der Waals surface area (Å²) < 4.78 is 4.91. The summed E-state index contributed by atoms with van der Waals surface area (Å²) in [7, 11) is 1.62. The van der Waals surface area contributed by atoms with Crippen LogP contribution in [0.15, 0.2) is 24.3 Å². The molecule has 0 aliphatic heterocycles. The molecule has 1 aliphatic rings. The minimum atomic E-state index is -0.520. The van der Waals surface area contributed by atoms with E-state index in [2.05, 4.69) is 5.32 Å². The standard InChI is InChI=1S/C14H19NO3/c1-18-8-4-7-13(17)15-14-11-6-3-2-5-10(11)9-12(14)16/h2-3,5-6,12,14,16H,4,7-9H2,1H3,(H,15,17)/t12-,14+/m1/s1. The lowest BCUT2D eigenvalue weighted by atomic mass is 10.1. The third kappa shape index (κ3) is 2.89. The van der Waals surface area contributed by atoms with Crippen molar-refractivity contribution in [3.63, 3.8) is 0 Å². The van der Waals surface area contributed by atoms with E-state index < -0.39 is 6.10 Å². The lowest BCUT2D eigenvalue weighted by molar-refractivity contribution is -0.122. The molecule has 0 heterocycles. The van der Waals surface area contributed by atoms with Gasteiger partial charge in [-0.05, 0) is 17.5 Å². The molecule has 1 aromatic rings. The third-order valence-electron chi connectivity index (χ3n) is 3.27. The van der Waals surface area contributed by atoms with Gasteiger partial charge >= 0.3 is 0 Å². The highest BCUT2D eigenvalue weighted by atomic mass is 16.5. The number of benzene rings is 1. The second-order valence-corrected chi connectivity index (χ2v) is 4.61. The molecular weight excluding hydrogens is 230 g/mol. The van der Waals surface area contributed by atoms with Crippen molar-refractivity contribution >= 4 is 5.91 Å². The lowest BCUT2D eigenvalue weighted by Gasteiger charge is -2.17. The summed E-state index contributed by atoms with van der Waals surface area (Å²) in [4.78, 5) is 11.8. The summed E-state index contributed by atoms with van der Waals surface area (Å²) in [6.45, 7) is 0.581. The van der Waals surface area contributed by atoms with Crippen molar-refractivity contribution in [2.75, 3.05) is 13.7 Å². The number of hydrogen-bond acceptors (Lipinski definition) is 3. The van der Waals surface area contributed by atoms with Crippen molar-refractivity contribution in [1.29, 1.82) is 0 Å². The van der Waals surface area contributed by atoms with Gasteiger partial charge in [0.15, 0.2) is 0 Å². The van der Waals surface area contributed by atoms with Gasteiger partial charge in [-0.15, -0.1) is 0 Å². The number of ether oxygens (including phenoxy) is 1. The van der Waals surface area contributed by atoms with Crippen LogP contribution in [0.2, 0.25) is 0 Å². The molecule has 0 unspecified atom stereocenters. The number of amides is 1. The Morgan fingerprint density at radius 2 is 2.28 bits per heavy atom. The molecule has 18 heavy (non-hydrogen) atoms. The number of carbonyl (C=O) groups excluding carboxylic acids is 1. The highest BCUT2D eigenvalue weighted by Gasteiger charge is 2.31. The van der Waals surface area contributed by atoms with Crippen molar-refractivity contribution < 1.29 is 14.6 Å². The number of fused-ring (bicyclic) bond motifs is 1. The van der Waals surface area contributed by atoms with Crippen LogP contribution >= 0.6 is 0 Å². The van der Waals surface area contributed by atoms with Crippen LogP contribution in [0.3, 0.4) is 0 Å². The molecule has 4 nitrogen and oxygen atoms in total. The Labute approximate surface area is 107 Å². The molecule has 0 radical (unpaired) electrons. The monoisotopic (exact) mass is 249 g/mol. The van der Waals surface area contributed by atoms with Crippen LogP contribution in [0.1, 0.15) is 30.0 Å². The van der Waals surface area contributed by atoms with E-state index in [0.29, 0.717) is 25.9 Å². The third-order valence-corrected chi connectivity index (χ3v) is 3.27. The zero-order chi connectivity index (χ0) is 13.0. The van der Waals surface area contributed by atoms with Gasteiger partial charge in [0.1, 0.15) is 0 Å². The van der Waals surface area contributed by atoms with Crippen molar-refractivity contribution in [1.82, 2.24) is 5.32 Å². The Morgan fingerprint density at radius 3 is 3.06 bits per heavy atom. The molecule has 4 heteroatoms. The van der Waals surface area contributed by atoms with E-state index in [1.165, 1.54) is 0 Å². The summed E-state index contributed by atoms with van der Waals surface area (Å²) in [5.41, 5.74) is 2.15. The molecular formula is C14H19NO3. The number of nitrogens with one attached hydrogen (secondary N) is 1. The highest BCUT2D eigenvalue weighted by molar-refractivity contribution is 5.76. The maximum atomic E-state index is 11.8. The summed E-state index contributed by atoms with van der Waals surface area (Å²) in [5, 5.41) is 12.9. The van der Waals surface area contributed by atoms with E-state index in [1.54, 1.807) is 7.11 Å². The molecule has 0 saturated carbocycles. The molecule has 1 aliphatic carbocycles. The number of aliphatic hydroxyl groups excluding tert-OH is 1. The Hall–Kier alpha value is -1.39. The molecule has 2 N–H and O–H groups in total. The summed E-state index contributed by atoms with van der Waals surface area (Å²) >= 11 is 0. The average Bonchev–Trinajstić information content (AvgIpc) is 2.67. The van der Waals surface area contributed by atoms with Gasteiger partial charge in [-0.25, -0.2) is 0 Å². The fraction of sp³-hybridized carbons (Fsp3) is 0.500. The Balaban J connectivity index is 1.95. The highest BCUT2D eigenvalue weighted by Crippen LogP contribution is 2.31. The molecule has 0 aromatic heterocycles. The predicted octanol–water partition coefficient (Wildman–Crippen LogP) is 1.19. The molecule has 98 valence electrons. The van der Waals surface area contributed by atoms with Gasteiger partial charge in [-0.1, -0.05) is 24.3 Å². The van der Waals surface area contributed by atoms with Gasteiger partial charge < -0.3 is 15.2 Å². The fourth-order valence-electron chi connectivity index (χ4n) is 2.37. The van der Waals surface area contributed by atoms with Crippen LogP contribution in [0.25, 0.3) is 0 Å². The Bertz CT molecular complexity index is 419. The van der Waals surface area contributed by atoms with Crippen LogP contribution < -0.4 is 5.32 Å². The number of rotatable bonds is 5. The van der Waals surface area contributed by atoms with Crippen molar-refractivity contribution in [2.45, 2.75) is 31.4 Å². The average molecular weight is 249 g/mol. The van der Waals surface area contributed by atoms with E-state index in [-0.39, 0.29) is 11.9 Å². The minimum absolute atomic E-state index is 0.0344. The van der Waals surface area contributed by atoms with E-state index >= 15 is 0 Å². The number of aliphatic hydroxyl groups is 1. The lowest BCUT2D eigenvalue weighted by Crippen LogP contribution is -2.33. The predicted molar refractivity (Wildman–Crippen MR) is 68.1 cm³/mol. The first kappa shape index (κ1) is 13.1.